The number of fused-ring (bicyclic) bond motifs is 3. The van der Waals surface area contributed by atoms with Crippen LogP contribution in [0.25, 0.3) is 5.70 Å². The first kappa shape index (κ1) is 18.4. The van der Waals surface area contributed by atoms with E-state index in [0.29, 0.717) is 30.0 Å². The van der Waals surface area contributed by atoms with Gasteiger partial charge in [0.25, 0.3) is 0 Å². The summed E-state index contributed by atoms with van der Waals surface area (Å²) in [6.07, 6.45) is 9.16. The van der Waals surface area contributed by atoms with Crippen molar-refractivity contribution in [3.8, 4) is 0 Å². The molecule has 8 heteroatoms. The van der Waals surface area contributed by atoms with E-state index in [1.165, 1.54) is 12.5 Å². The summed E-state index contributed by atoms with van der Waals surface area (Å²) >= 11 is 0. The Morgan fingerprint density at radius 1 is 1.23 bits per heavy atom. The average molecular weight is 417 g/mol. The van der Waals surface area contributed by atoms with Crippen LogP contribution in [0.15, 0.2) is 66.1 Å². The minimum atomic E-state index is -0.218. The standard InChI is InChI=1S/C23H24FN7/c24-19-4-2-1-3-16(19)12-28-21-9-15(5-6-25-21)20-11-22-26-7-8-30(22)23(29-20)31-14-17-10-18(31)13-27-17/h1-9,11,17-18,22,26-27H,10,12-14H2,(H,25,28). The van der Waals surface area contributed by atoms with Crippen LogP contribution in [0.4, 0.5) is 10.2 Å². The molecule has 158 valence electrons. The number of aliphatic imine (C=N–C) groups is 1. The minimum absolute atomic E-state index is 0.0533. The molecule has 2 saturated heterocycles. The van der Waals surface area contributed by atoms with E-state index < -0.39 is 0 Å². The normalized spacial score (nSPS) is 25.9. The number of halogens is 1. The molecular formula is C23H24FN7. The van der Waals surface area contributed by atoms with Crippen molar-refractivity contribution >= 4 is 17.5 Å². The van der Waals surface area contributed by atoms with Gasteiger partial charge in [-0.15, -0.1) is 0 Å². The maximum Gasteiger partial charge on any atom is 0.208 e. The Kier molecular flexibility index (Phi) is 4.38. The van der Waals surface area contributed by atoms with Crippen LogP contribution in [0.3, 0.4) is 0 Å². The molecule has 2 bridgehead atoms. The lowest BCUT2D eigenvalue weighted by atomic mass is 10.1. The van der Waals surface area contributed by atoms with E-state index in [0.717, 1.165) is 30.3 Å². The molecule has 0 saturated carbocycles. The monoisotopic (exact) mass is 417 g/mol. The van der Waals surface area contributed by atoms with Gasteiger partial charge in [0.05, 0.1) is 5.70 Å². The summed E-state index contributed by atoms with van der Waals surface area (Å²) in [5.41, 5.74) is 2.51. The number of pyridine rings is 1. The molecule has 0 aliphatic carbocycles. The van der Waals surface area contributed by atoms with Crippen LogP contribution in [0, 0.1) is 5.82 Å². The molecule has 1 aromatic heterocycles. The van der Waals surface area contributed by atoms with Gasteiger partial charge in [0, 0.05) is 61.4 Å². The molecule has 2 fully saturated rings. The van der Waals surface area contributed by atoms with E-state index in [4.69, 9.17) is 4.99 Å². The zero-order chi connectivity index (χ0) is 20.8. The fourth-order valence-electron chi connectivity index (χ4n) is 4.76. The van der Waals surface area contributed by atoms with E-state index in [1.807, 2.05) is 24.4 Å². The Balaban J connectivity index is 1.26. The number of piperazine rings is 1. The summed E-state index contributed by atoms with van der Waals surface area (Å²) < 4.78 is 13.9. The van der Waals surface area contributed by atoms with Gasteiger partial charge in [0.1, 0.15) is 17.8 Å². The van der Waals surface area contributed by atoms with Crippen molar-refractivity contribution in [2.45, 2.75) is 31.2 Å². The molecule has 3 N–H and O–H groups in total. The first-order valence-corrected chi connectivity index (χ1v) is 10.7. The Morgan fingerprint density at radius 2 is 2.16 bits per heavy atom. The van der Waals surface area contributed by atoms with Crippen molar-refractivity contribution in [3.05, 3.63) is 78.0 Å². The number of hydrogen-bond donors (Lipinski definition) is 3. The number of hydrogen-bond acceptors (Lipinski definition) is 7. The number of guanidine groups is 1. The van der Waals surface area contributed by atoms with Crippen molar-refractivity contribution in [3.63, 3.8) is 0 Å². The molecule has 7 nitrogen and oxygen atoms in total. The summed E-state index contributed by atoms with van der Waals surface area (Å²) in [5.74, 6) is 1.47. The number of nitrogens with one attached hydrogen (secondary N) is 3. The summed E-state index contributed by atoms with van der Waals surface area (Å²) in [4.78, 5) is 14.1. The highest BCUT2D eigenvalue weighted by atomic mass is 19.1. The van der Waals surface area contributed by atoms with E-state index in [2.05, 4.69) is 43.0 Å². The van der Waals surface area contributed by atoms with E-state index in [9.17, 15) is 4.39 Å². The van der Waals surface area contributed by atoms with Crippen LogP contribution >= 0.6 is 0 Å². The topological polar surface area (TPSA) is 67.8 Å². The van der Waals surface area contributed by atoms with Crippen molar-refractivity contribution in [1.29, 1.82) is 0 Å². The highest BCUT2D eigenvalue weighted by Crippen LogP contribution is 2.31. The SMILES string of the molecule is Fc1ccccc1CNc1cc(C2=CC3NC=CN3C(N3CC4CC3CN4)=N2)ccn1. The molecule has 1 aromatic carbocycles. The van der Waals surface area contributed by atoms with Crippen LogP contribution in [-0.2, 0) is 6.54 Å². The second kappa shape index (κ2) is 7.39. The lowest BCUT2D eigenvalue weighted by Crippen LogP contribution is -2.54. The number of nitrogens with zero attached hydrogens (tertiary/aromatic N) is 4. The Morgan fingerprint density at radius 3 is 3.00 bits per heavy atom. The second-order valence-electron chi connectivity index (χ2n) is 8.32. The predicted molar refractivity (Wildman–Crippen MR) is 118 cm³/mol. The number of aromatic nitrogens is 1. The lowest BCUT2D eigenvalue weighted by Gasteiger charge is -2.38. The molecular weight excluding hydrogens is 393 g/mol. The van der Waals surface area contributed by atoms with Crippen LogP contribution in [0.1, 0.15) is 17.5 Å². The summed E-state index contributed by atoms with van der Waals surface area (Å²) in [5, 5.41) is 10.2. The first-order valence-electron chi connectivity index (χ1n) is 10.7. The van der Waals surface area contributed by atoms with Gasteiger partial charge in [-0.3, -0.25) is 4.90 Å². The van der Waals surface area contributed by atoms with Crippen molar-refractivity contribution in [1.82, 2.24) is 25.4 Å². The summed E-state index contributed by atoms with van der Waals surface area (Å²) in [6.45, 7) is 2.37. The minimum Gasteiger partial charge on any atom is -0.366 e. The third-order valence-corrected chi connectivity index (χ3v) is 6.36. The molecule has 3 unspecified atom stereocenters. The van der Waals surface area contributed by atoms with Crippen molar-refractivity contribution < 1.29 is 4.39 Å². The molecule has 6 rings (SSSR count). The van der Waals surface area contributed by atoms with E-state index in [-0.39, 0.29) is 12.0 Å². The molecule has 0 spiro atoms. The van der Waals surface area contributed by atoms with Crippen molar-refractivity contribution in [2.24, 2.45) is 4.99 Å². The molecule has 2 aromatic rings. The van der Waals surface area contributed by atoms with Gasteiger partial charge >= 0.3 is 0 Å². The highest BCUT2D eigenvalue weighted by molar-refractivity contribution is 5.91. The van der Waals surface area contributed by atoms with Gasteiger partial charge < -0.3 is 20.9 Å². The smallest absolute Gasteiger partial charge is 0.208 e. The molecule has 3 atom stereocenters. The number of rotatable bonds is 4. The first-order chi connectivity index (χ1) is 15.2. The van der Waals surface area contributed by atoms with Gasteiger partial charge in [-0.1, -0.05) is 18.2 Å². The number of benzene rings is 1. The fourth-order valence-corrected chi connectivity index (χ4v) is 4.76. The summed E-state index contributed by atoms with van der Waals surface area (Å²) in [7, 11) is 0. The van der Waals surface area contributed by atoms with Crippen LogP contribution in [0.2, 0.25) is 0 Å². The van der Waals surface area contributed by atoms with Gasteiger partial charge in [-0.2, -0.15) is 0 Å². The van der Waals surface area contributed by atoms with Gasteiger partial charge in [-0.25, -0.2) is 14.4 Å². The quantitative estimate of drug-likeness (QED) is 0.709. The fraction of sp³-hybridized carbons (Fsp3) is 0.304. The van der Waals surface area contributed by atoms with Gasteiger partial charge in [-0.05, 0) is 30.7 Å². The predicted octanol–water partition coefficient (Wildman–Crippen LogP) is 2.29. The number of anilines is 1. The Hall–Kier alpha value is -3.39. The third-order valence-electron chi connectivity index (χ3n) is 6.36. The molecule has 4 aliphatic rings. The van der Waals surface area contributed by atoms with Crippen LogP contribution in [0.5, 0.6) is 0 Å². The van der Waals surface area contributed by atoms with Gasteiger partial charge in [0.2, 0.25) is 5.96 Å². The summed E-state index contributed by atoms with van der Waals surface area (Å²) in [6, 6.07) is 11.8. The second-order valence-corrected chi connectivity index (χ2v) is 8.32. The van der Waals surface area contributed by atoms with E-state index >= 15 is 0 Å². The van der Waals surface area contributed by atoms with Gasteiger partial charge in [0.15, 0.2) is 0 Å². The highest BCUT2D eigenvalue weighted by Gasteiger charge is 2.42. The zero-order valence-corrected chi connectivity index (χ0v) is 17.0. The van der Waals surface area contributed by atoms with Crippen LogP contribution in [-0.4, -0.2) is 52.1 Å². The Bertz CT molecular complexity index is 1090. The molecule has 4 aliphatic heterocycles. The molecule has 5 heterocycles. The largest absolute Gasteiger partial charge is 0.366 e. The van der Waals surface area contributed by atoms with E-state index in [1.54, 1.807) is 18.3 Å². The molecule has 31 heavy (non-hydrogen) atoms. The molecule has 0 radical (unpaired) electrons. The maximum absolute atomic E-state index is 13.9. The van der Waals surface area contributed by atoms with Crippen LogP contribution < -0.4 is 16.0 Å². The zero-order valence-electron chi connectivity index (χ0n) is 17.0. The van der Waals surface area contributed by atoms with Crippen molar-refractivity contribution in [2.75, 3.05) is 18.4 Å². The lowest BCUT2D eigenvalue weighted by molar-refractivity contribution is 0.293. The number of likely N-dealkylation sites (tertiary alicyclic amines) is 1. The maximum atomic E-state index is 13.9. The Labute approximate surface area is 180 Å². The third kappa shape index (κ3) is 3.33. The molecule has 0 amide bonds. The average Bonchev–Trinajstić information content (AvgIpc) is 3.55.